The number of fused-ring (bicyclic) bond motifs is 1. The first kappa shape index (κ1) is 19.0. The summed E-state index contributed by atoms with van der Waals surface area (Å²) in [6.07, 6.45) is 0.722. The van der Waals surface area contributed by atoms with Crippen molar-refractivity contribution in [2.45, 2.75) is 37.1 Å². The lowest BCUT2D eigenvalue weighted by Crippen LogP contribution is -2.43. The Hall–Kier alpha value is -2.30. The minimum atomic E-state index is -3.72. The van der Waals surface area contributed by atoms with Crippen molar-refractivity contribution in [3.63, 3.8) is 0 Å². The van der Waals surface area contributed by atoms with Gasteiger partial charge in [-0.1, -0.05) is 65.7 Å². The van der Waals surface area contributed by atoms with Crippen LogP contribution in [0.5, 0.6) is 0 Å². The third-order valence-corrected chi connectivity index (χ3v) is 7.49. The minimum absolute atomic E-state index is 0.164. The Labute approximate surface area is 171 Å². The highest BCUT2D eigenvalue weighted by atomic mass is 35.5. The average molecular weight is 412 g/mol. The van der Waals surface area contributed by atoms with Crippen molar-refractivity contribution in [3.05, 3.63) is 94.5 Å². The fraction of sp³-hybridized carbons (Fsp3) is 0.217. The first-order chi connectivity index (χ1) is 13.4. The molecule has 2 unspecified atom stereocenters. The topological polar surface area (TPSA) is 37.4 Å². The smallest absolute Gasteiger partial charge is 0.263 e. The molecule has 0 spiro atoms. The number of benzene rings is 3. The number of nitrogens with zero attached hydrogens (tertiary/aromatic N) is 1. The maximum absolute atomic E-state index is 13.5. The van der Waals surface area contributed by atoms with Crippen LogP contribution in [0.4, 0.5) is 5.69 Å². The first-order valence-corrected chi connectivity index (χ1v) is 11.2. The molecule has 0 fully saturated rings. The molecule has 1 heterocycles. The molecule has 28 heavy (non-hydrogen) atoms. The molecule has 144 valence electrons. The van der Waals surface area contributed by atoms with Gasteiger partial charge in [-0.15, -0.1) is 0 Å². The molecular formula is C23H22ClNO2S. The van der Waals surface area contributed by atoms with E-state index in [-0.39, 0.29) is 16.9 Å². The van der Waals surface area contributed by atoms with Crippen LogP contribution in [-0.2, 0) is 10.0 Å². The summed E-state index contributed by atoms with van der Waals surface area (Å²) < 4.78 is 28.6. The quantitative estimate of drug-likeness (QED) is 0.548. The summed E-state index contributed by atoms with van der Waals surface area (Å²) in [5.74, 6) is 0.164. The third kappa shape index (κ3) is 3.31. The minimum Gasteiger partial charge on any atom is -0.263 e. The Balaban J connectivity index is 1.88. The van der Waals surface area contributed by atoms with Crippen molar-refractivity contribution >= 4 is 27.3 Å². The zero-order chi connectivity index (χ0) is 19.9. The summed E-state index contributed by atoms with van der Waals surface area (Å²) in [7, 11) is -3.72. The molecule has 0 amide bonds. The number of hydrogen-bond acceptors (Lipinski definition) is 2. The molecule has 3 aromatic rings. The van der Waals surface area contributed by atoms with Gasteiger partial charge in [-0.3, -0.25) is 4.31 Å². The van der Waals surface area contributed by atoms with E-state index in [1.165, 1.54) is 11.6 Å². The molecular weight excluding hydrogens is 390 g/mol. The zero-order valence-electron chi connectivity index (χ0n) is 15.8. The van der Waals surface area contributed by atoms with Gasteiger partial charge in [-0.2, -0.15) is 0 Å². The normalized spacial score (nSPS) is 19.3. The highest BCUT2D eigenvalue weighted by Crippen LogP contribution is 2.44. The highest BCUT2D eigenvalue weighted by Gasteiger charge is 2.38. The van der Waals surface area contributed by atoms with E-state index >= 15 is 0 Å². The Morgan fingerprint density at radius 3 is 2.43 bits per heavy atom. The van der Waals surface area contributed by atoms with Crippen LogP contribution in [0.2, 0.25) is 5.02 Å². The molecule has 1 aliphatic rings. The Bertz CT molecular complexity index is 1110. The standard InChI is InChI=1S/C23H22ClNO2S/c1-16-11-12-23-22(13-16)21(18-7-4-3-5-8-18)14-17(2)25(23)28(26,27)20-10-6-9-19(24)15-20/h3-13,15,17,21H,14H2,1-2H3. The summed E-state index contributed by atoms with van der Waals surface area (Å²) in [5.41, 5.74) is 4.13. The van der Waals surface area contributed by atoms with Crippen LogP contribution in [0.3, 0.4) is 0 Å². The lowest BCUT2D eigenvalue weighted by atomic mass is 9.82. The molecule has 3 nitrogen and oxygen atoms in total. The van der Waals surface area contributed by atoms with Crippen LogP contribution in [0.25, 0.3) is 0 Å². The van der Waals surface area contributed by atoms with Gasteiger partial charge < -0.3 is 0 Å². The number of sulfonamides is 1. The molecule has 0 saturated heterocycles. The van der Waals surface area contributed by atoms with Gasteiger partial charge in [0, 0.05) is 17.0 Å². The van der Waals surface area contributed by atoms with Crippen LogP contribution in [0, 0.1) is 6.92 Å². The predicted octanol–water partition coefficient (Wildman–Crippen LogP) is 5.77. The molecule has 4 rings (SSSR count). The Kier molecular flexibility index (Phi) is 4.94. The van der Waals surface area contributed by atoms with E-state index in [4.69, 9.17) is 11.6 Å². The maximum Gasteiger partial charge on any atom is 0.264 e. The summed E-state index contributed by atoms with van der Waals surface area (Å²) in [4.78, 5) is 0.219. The number of halogens is 1. The molecule has 0 bridgehead atoms. The van der Waals surface area contributed by atoms with Gasteiger partial charge in [-0.25, -0.2) is 8.42 Å². The second-order valence-corrected chi connectivity index (χ2v) is 9.62. The molecule has 0 aromatic heterocycles. The second kappa shape index (κ2) is 7.26. The molecule has 0 radical (unpaired) electrons. The highest BCUT2D eigenvalue weighted by molar-refractivity contribution is 7.92. The van der Waals surface area contributed by atoms with E-state index in [1.54, 1.807) is 22.5 Å². The zero-order valence-corrected chi connectivity index (χ0v) is 17.4. The lowest BCUT2D eigenvalue weighted by molar-refractivity contribution is 0.543. The average Bonchev–Trinajstić information content (AvgIpc) is 2.68. The first-order valence-electron chi connectivity index (χ1n) is 9.33. The van der Waals surface area contributed by atoms with E-state index in [0.717, 1.165) is 23.2 Å². The summed E-state index contributed by atoms with van der Waals surface area (Å²) in [6, 6.07) is 22.6. The lowest BCUT2D eigenvalue weighted by Gasteiger charge is -2.40. The predicted molar refractivity (Wildman–Crippen MR) is 115 cm³/mol. The van der Waals surface area contributed by atoms with Gasteiger partial charge in [0.2, 0.25) is 0 Å². The third-order valence-electron chi connectivity index (χ3n) is 5.33. The monoisotopic (exact) mass is 411 g/mol. The molecule has 0 N–H and O–H groups in total. The van der Waals surface area contributed by atoms with E-state index in [0.29, 0.717) is 5.02 Å². The van der Waals surface area contributed by atoms with E-state index in [2.05, 4.69) is 18.2 Å². The van der Waals surface area contributed by atoms with Crippen molar-refractivity contribution in [3.8, 4) is 0 Å². The summed E-state index contributed by atoms with van der Waals surface area (Å²) >= 11 is 6.07. The van der Waals surface area contributed by atoms with Crippen molar-refractivity contribution in [2.75, 3.05) is 4.31 Å². The van der Waals surface area contributed by atoms with Crippen molar-refractivity contribution in [1.29, 1.82) is 0 Å². The molecule has 1 aliphatic heterocycles. The fourth-order valence-corrected chi connectivity index (χ4v) is 6.06. The van der Waals surface area contributed by atoms with E-state index in [1.807, 2.05) is 44.2 Å². The second-order valence-electron chi connectivity index (χ2n) is 7.37. The van der Waals surface area contributed by atoms with Gasteiger partial charge in [0.25, 0.3) is 10.0 Å². The van der Waals surface area contributed by atoms with Gasteiger partial charge in [0.1, 0.15) is 0 Å². The maximum atomic E-state index is 13.5. The SMILES string of the molecule is Cc1ccc2c(c1)C(c1ccccc1)CC(C)N2S(=O)(=O)c1cccc(Cl)c1. The number of anilines is 1. The van der Waals surface area contributed by atoms with Gasteiger partial charge in [0.15, 0.2) is 0 Å². The summed E-state index contributed by atoms with van der Waals surface area (Å²) in [6.45, 7) is 4.01. The van der Waals surface area contributed by atoms with Gasteiger partial charge >= 0.3 is 0 Å². The van der Waals surface area contributed by atoms with Crippen LogP contribution in [0.15, 0.2) is 77.7 Å². The van der Waals surface area contributed by atoms with Gasteiger partial charge in [0.05, 0.1) is 10.6 Å². The molecule has 2 atom stereocenters. The van der Waals surface area contributed by atoms with E-state index < -0.39 is 10.0 Å². The van der Waals surface area contributed by atoms with Crippen LogP contribution in [0.1, 0.15) is 36.0 Å². The van der Waals surface area contributed by atoms with E-state index in [9.17, 15) is 8.42 Å². The van der Waals surface area contributed by atoms with Gasteiger partial charge in [-0.05, 0) is 55.7 Å². The number of rotatable bonds is 3. The number of aryl methyl sites for hydroxylation is 1. The molecule has 3 aromatic carbocycles. The van der Waals surface area contributed by atoms with Crippen LogP contribution in [-0.4, -0.2) is 14.5 Å². The van der Waals surface area contributed by atoms with Crippen molar-refractivity contribution in [2.24, 2.45) is 0 Å². The fourth-order valence-electron chi connectivity index (χ4n) is 4.06. The molecule has 0 saturated carbocycles. The molecule has 0 aliphatic carbocycles. The van der Waals surface area contributed by atoms with Crippen LogP contribution >= 0.6 is 11.6 Å². The van der Waals surface area contributed by atoms with Crippen molar-refractivity contribution in [1.82, 2.24) is 0 Å². The Morgan fingerprint density at radius 1 is 0.964 bits per heavy atom. The Morgan fingerprint density at radius 2 is 1.71 bits per heavy atom. The number of hydrogen-bond donors (Lipinski definition) is 0. The van der Waals surface area contributed by atoms with Crippen LogP contribution < -0.4 is 4.31 Å². The largest absolute Gasteiger partial charge is 0.264 e. The summed E-state index contributed by atoms with van der Waals surface area (Å²) in [5, 5.41) is 0.414. The van der Waals surface area contributed by atoms with Crippen molar-refractivity contribution < 1.29 is 8.42 Å². The molecule has 5 heteroatoms.